The fraction of sp³-hybridized carbons (Fsp3) is 0.438. The molecule has 1 aliphatic carbocycles. The third kappa shape index (κ3) is 4.58. The van der Waals surface area contributed by atoms with Crippen molar-refractivity contribution in [2.45, 2.75) is 25.7 Å². The lowest BCUT2D eigenvalue weighted by atomic mass is 9.82. The van der Waals surface area contributed by atoms with Crippen molar-refractivity contribution in [2.24, 2.45) is 17.6 Å². The minimum Gasteiger partial charge on any atom is -0.426 e. The first-order valence-corrected chi connectivity index (χ1v) is 7.43. The molecule has 0 unspecified atom stereocenters. The summed E-state index contributed by atoms with van der Waals surface area (Å²) in [6.45, 7) is 0.685. The van der Waals surface area contributed by atoms with Gasteiger partial charge < -0.3 is 15.8 Å². The maximum absolute atomic E-state index is 12.1. The number of nitrogens with one attached hydrogen (secondary N) is 2. The Bertz CT molecular complexity index is 534. The molecule has 1 fully saturated rings. The van der Waals surface area contributed by atoms with Gasteiger partial charge in [0.25, 0.3) is 0 Å². The molecule has 0 aromatic heterocycles. The number of benzene rings is 1. The van der Waals surface area contributed by atoms with Crippen LogP contribution in [0.15, 0.2) is 24.3 Å². The predicted molar refractivity (Wildman–Crippen MR) is 82.8 cm³/mol. The number of esters is 1. The summed E-state index contributed by atoms with van der Waals surface area (Å²) in [5, 5.41) is 9.97. The summed E-state index contributed by atoms with van der Waals surface area (Å²) in [5.41, 5.74) is 5.82. The van der Waals surface area contributed by atoms with E-state index in [-0.39, 0.29) is 17.8 Å². The molecule has 0 atom stereocenters. The van der Waals surface area contributed by atoms with Crippen LogP contribution in [-0.2, 0) is 4.79 Å². The lowest BCUT2D eigenvalue weighted by molar-refractivity contribution is -0.140. The highest BCUT2D eigenvalue weighted by Gasteiger charge is 2.27. The Morgan fingerprint density at radius 2 is 1.91 bits per heavy atom. The van der Waals surface area contributed by atoms with Crippen molar-refractivity contribution < 1.29 is 14.3 Å². The molecule has 0 amide bonds. The summed E-state index contributed by atoms with van der Waals surface area (Å²) >= 11 is 0. The van der Waals surface area contributed by atoms with Crippen LogP contribution in [0.5, 0.6) is 5.75 Å². The number of rotatable bonds is 5. The molecule has 22 heavy (non-hydrogen) atoms. The average Bonchev–Trinajstić information content (AvgIpc) is 2.54. The Morgan fingerprint density at radius 3 is 2.45 bits per heavy atom. The Kier molecular flexibility index (Phi) is 5.52. The highest BCUT2D eigenvalue weighted by Crippen LogP contribution is 2.29. The number of carbonyl (C=O) groups excluding carboxylic acids is 2. The Hall–Kier alpha value is -2.37. The lowest BCUT2D eigenvalue weighted by Gasteiger charge is -2.27. The topological polar surface area (TPSA) is 105 Å². The number of nitrogens with two attached hydrogens (primary N) is 1. The smallest absolute Gasteiger partial charge is 0.314 e. The molecule has 0 radical (unpaired) electrons. The van der Waals surface area contributed by atoms with Crippen molar-refractivity contribution in [3.8, 4) is 5.75 Å². The molecule has 0 heterocycles. The number of hydrogen-bond acceptors (Lipinski definition) is 4. The summed E-state index contributed by atoms with van der Waals surface area (Å²) in [6.07, 6.45) is 4.17. The summed E-state index contributed by atoms with van der Waals surface area (Å²) in [7, 11) is 0. The molecular formula is C16H21N3O3. The highest BCUT2D eigenvalue weighted by atomic mass is 16.5. The van der Waals surface area contributed by atoms with E-state index in [0.29, 0.717) is 23.8 Å². The maximum Gasteiger partial charge on any atom is 0.314 e. The highest BCUT2D eigenvalue weighted by molar-refractivity contribution is 5.77. The minimum atomic E-state index is -0.211. The molecule has 6 nitrogen and oxygen atoms in total. The third-order valence-corrected chi connectivity index (χ3v) is 4.00. The first-order chi connectivity index (χ1) is 10.6. The molecule has 1 aromatic rings. The second kappa shape index (κ2) is 7.59. The molecule has 118 valence electrons. The molecule has 1 saturated carbocycles. The van der Waals surface area contributed by atoms with Crippen LogP contribution in [0.1, 0.15) is 36.0 Å². The SMILES string of the molecule is N=C(N)NC[C@H]1CC[C@H](C(=O)Oc2ccc(C=O)cc2)CC1. The van der Waals surface area contributed by atoms with Crippen LogP contribution < -0.4 is 15.8 Å². The lowest BCUT2D eigenvalue weighted by Crippen LogP contribution is -2.36. The number of carbonyl (C=O) groups is 2. The van der Waals surface area contributed by atoms with Crippen molar-refractivity contribution in [2.75, 3.05) is 6.54 Å². The van der Waals surface area contributed by atoms with E-state index in [2.05, 4.69) is 5.32 Å². The molecule has 0 saturated heterocycles. The van der Waals surface area contributed by atoms with E-state index in [9.17, 15) is 9.59 Å². The average molecular weight is 303 g/mol. The fourth-order valence-electron chi connectivity index (χ4n) is 2.67. The molecule has 2 rings (SSSR count). The van der Waals surface area contributed by atoms with Crippen LogP contribution in [-0.4, -0.2) is 24.8 Å². The normalized spacial score (nSPS) is 20.9. The van der Waals surface area contributed by atoms with Crippen LogP contribution >= 0.6 is 0 Å². The molecule has 0 aliphatic heterocycles. The van der Waals surface area contributed by atoms with E-state index >= 15 is 0 Å². The summed E-state index contributed by atoms with van der Waals surface area (Å²) in [4.78, 5) is 22.7. The van der Waals surface area contributed by atoms with Crippen LogP contribution in [0.3, 0.4) is 0 Å². The Morgan fingerprint density at radius 1 is 1.27 bits per heavy atom. The van der Waals surface area contributed by atoms with Crippen molar-refractivity contribution in [1.29, 1.82) is 5.41 Å². The zero-order chi connectivity index (χ0) is 15.9. The van der Waals surface area contributed by atoms with E-state index in [1.807, 2.05) is 0 Å². The fourth-order valence-corrected chi connectivity index (χ4v) is 2.67. The Labute approximate surface area is 129 Å². The van der Waals surface area contributed by atoms with Gasteiger partial charge in [0.2, 0.25) is 0 Å². The van der Waals surface area contributed by atoms with Gasteiger partial charge in [-0.15, -0.1) is 0 Å². The van der Waals surface area contributed by atoms with Gasteiger partial charge >= 0.3 is 5.97 Å². The predicted octanol–water partition coefficient (Wildman–Crippen LogP) is 1.69. The molecule has 0 spiro atoms. The molecular weight excluding hydrogens is 282 g/mol. The van der Waals surface area contributed by atoms with Crippen LogP contribution in [0.4, 0.5) is 0 Å². The number of hydrogen-bond donors (Lipinski definition) is 3. The van der Waals surface area contributed by atoms with Gasteiger partial charge in [-0.3, -0.25) is 15.0 Å². The van der Waals surface area contributed by atoms with Crippen LogP contribution in [0.2, 0.25) is 0 Å². The number of guanidine groups is 1. The second-order valence-electron chi connectivity index (χ2n) is 5.62. The van der Waals surface area contributed by atoms with Gasteiger partial charge in [-0.1, -0.05) is 0 Å². The van der Waals surface area contributed by atoms with Gasteiger partial charge in [-0.25, -0.2) is 0 Å². The molecule has 4 N–H and O–H groups in total. The zero-order valence-electron chi connectivity index (χ0n) is 12.4. The summed E-state index contributed by atoms with van der Waals surface area (Å²) in [5.74, 6) is 0.604. The van der Waals surface area contributed by atoms with Gasteiger partial charge in [0.05, 0.1) is 5.92 Å². The van der Waals surface area contributed by atoms with E-state index in [1.165, 1.54) is 0 Å². The van der Waals surface area contributed by atoms with Gasteiger partial charge in [-0.2, -0.15) is 0 Å². The molecule has 6 heteroatoms. The number of ether oxygens (including phenoxy) is 1. The summed E-state index contributed by atoms with van der Waals surface area (Å²) < 4.78 is 5.36. The van der Waals surface area contributed by atoms with Crippen LogP contribution in [0, 0.1) is 17.2 Å². The van der Waals surface area contributed by atoms with E-state index in [1.54, 1.807) is 24.3 Å². The van der Waals surface area contributed by atoms with Crippen molar-refractivity contribution in [3.05, 3.63) is 29.8 Å². The van der Waals surface area contributed by atoms with E-state index in [0.717, 1.165) is 32.0 Å². The quantitative estimate of drug-likeness (QED) is 0.252. The van der Waals surface area contributed by atoms with Gasteiger partial charge in [0.1, 0.15) is 12.0 Å². The standard InChI is InChI=1S/C16H21N3O3/c17-16(18)19-9-11-1-5-13(6-2-11)15(21)22-14-7-3-12(10-20)4-8-14/h3-4,7-8,10-11,13H,1-2,5-6,9H2,(H4,17,18,19)/t11-,13-. The van der Waals surface area contributed by atoms with Crippen molar-refractivity contribution in [3.63, 3.8) is 0 Å². The third-order valence-electron chi connectivity index (χ3n) is 4.00. The molecule has 1 aliphatic rings. The number of aldehydes is 1. The van der Waals surface area contributed by atoms with Gasteiger partial charge in [0.15, 0.2) is 5.96 Å². The summed E-state index contributed by atoms with van der Waals surface area (Å²) in [6, 6.07) is 6.51. The van der Waals surface area contributed by atoms with Gasteiger partial charge in [-0.05, 0) is 55.9 Å². The van der Waals surface area contributed by atoms with Gasteiger partial charge in [0, 0.05) is 12.1 Å². The van der Waals surface area contributed by atoms with Crippen molar-refractivity contribution in [1.82, 2.24) is 5.32 Å². The minimum absolute atomic E-state index is 0.0136. The Balaban J connectivity index is 1.79. The van der Waals surface area contributed by atoms with E-state index in [4.69, 9.17) is 15.9 Å². The monoisotopic (exact) mass is 303 g/mol. The van der Waals surface area contributed by atoms with Crippen molar-refractivity contribution >= 4 is 18.2 Å². The first kappa shape index (κ1) is 16.0. The maximum atomic E-state index is 12.1. The van der Waals surface area contributed by atoms with E-state index < -0.39 is 0 Å². The molecule has 1 aromatic carbocycles. The van der Waals surface area contributed by atoms with Crippen LogP contribution in [0.25, 0.3) is 0 Å². The first-order valence-electron chi connectivity index (χ1n) is 7.43. The zero-order valence-corrected chi connectivity index (χ0v) is 12.4. The largest absolute Gasteiger partial charge is 0.426 e. The molecule has 0 bridgehead atoms. The second-order valence-corrected chi connectivity index (χ2v) is 5.62.